The summed E-state index contributed by atoms with van der Waals surface area (Å²) in [5.74, 6) is -0.722. The van der Waals surface area contributed by atoms with E-state index >= 15 is 0 Å². The lowest BCUT2D eigenvalue weighted by Gasteiger charge is -1.80. The van der Waals surface area contributed by atoms with Crippen molar-refractivity contribution in [3.8, 4) is 0 Å². The van der Waals surface area contributed by atoms with E-state index in [-0.39, 0.29) is 17.3 Å². The maximum absolute atomic E-state index is 10.2. The van der Waals surface area contributed by atoms with Crippen molar-refractivity contribution in [2.45, 2.75) is 19.8 Å². The molecule has 0 spiro atoms. The molecule has 1 rings (SSSR count). The van der Waals surface area contributed by atoms with E-state index in [4.69, 9.17) is 0 Å². The SMILES string of the molecule is CCC[N+](=O)[O-].O=C1CCNC1=O. The van der Waals surface area contributed by atoms with Gasteiger partial charge in [0.25, 0.3) is 5.91 Å². The second kappa shape index (κ2) is 6.10. The molecule has 0 aliphatic carbocycles. The minimum Gasteiger partial charge on any atom is -0.349 e. The van der Waals surface area contributed by atoms with Gasteiger partial charge in [-0.05, 0) is 0 Å². The lowest BCUT2D eigenvalue weighted by atomic mass is 10.3. The van der Waals surface area contributed by atoms with Crippen LogP contribution in [0.3, 0.4) is 0 Å². The van der Waals surface area contributed by atoms with Gasteiger partial charge in [0, 0.05) is 24.3 Å². The second-order valence-corrected chi connectivity index (χ2v) is 2.49. The molecule has 1 N–H and O–H groups in total. The number of amides is 1. The fraction of sp³-hybridized carbons (Fsp3) is 0.714. The van der Waals surface area contributed by atoms with Gasteiger partial charge in [-0.15, -0.1) is 0 Å². The third-order valence-corrected chi connectivity index (χ3v) is 1.30. The highest BCUT2D eigenvalue weighted by Crippen LogP contribution is 1.88. The zero-order valence-corrected chi connectivity index (χ0v) is 7.41. The fourth-order valence-corrected chi connectivity index (χ4v) is 0.684. The summed E-state index contributed by atoms with van der Waals surface area (Å²) in [5, 5.41) is 11.8. The van der Waals surface area contributed by atoms with E-state index in [1.807, 2.05) is 0 Å². The van der Waals surface area contributed by atoms with Crippen molar-refractivity contribution in [3.05, 3.63) is 10.1 Å². The van der Waals surface area contributed by atoms with Crippen molar-refractivity contribution in [2.24, 2.45) is 0 Å². The van der Waals surface area contributed by atoms with Crippen LogP contribution in [-0.4, -0.2) is 29.7 Å². The first-order valence-electron chi connectivity index (χ1n) is 4.00. The van der Waals surface area contributed by atoms with Crippen molar-refractivity contribution >= 4 is 11.7 Å². The Morgan fingerprint density at radius 2 is 2.15 bits per heavy atom. The number of nitro groups is 1. The molecule has 6 heteroatoms. The zero-order valence-electron chi connectivity index (χ0n) is 7.41. The highest BCUT2D eigenvalue weighted by Gasteiger charge is 2.18. The van der Waals surface area contributed by atoms with E-state index in [0.29, 0.717) is 19.4 Å². The third-order valence-electron chi connectivity index (χ3n) is 1.30. The van der Waals surface area contributed by atoms with Crippen LogP contribution in [0.25, 0.3) is 0 Å². The molecule has 0 radical (unpaired) electrons. The van der Waals surface area contributed by atoms with Crippen molar-refractivity contribution in [3.63, 3.8) is 0 Å². The normalized spacial score (nSPS) is 14.5. The number of carbonyl (C=O) groups excluding carboxylic acids is 2. The van der Waals surface area contributed by atoms with Gasteiger partial charge < -0.3 is 5.32 Å². The van der Waals surface area contributed by atoms with Gasteiger partial charge >= 0.3 is 0 Å². The van der Waals surface area contributed by atoms with Gasteiger partial charge in [0.15, 0.2) is 0 Å². The van der Waals surface area contributed by atoms with Gasteiger partial charge in [0.05, 0.1) is 0 Å². The molecule has 0 atom stereocenters. The van der Waals surface area contributed by atoms with E-state index in [1.165, 1.54) is 0 Å². The Bertz CT molecular complexity index is 201. The summed E-state index contributed by atoms with van der Waals surface area (Å²) in [7, 11) is 0. The summed E-state index contributed by atoms with van der Waals surface area (Å²) >= 11 is 0. The van der Waals surface area contributed by atoms with Crippen molar-refractivity contribution in [2.75, 3.05) is 13.1 Å². The monoisotopic (exact) mass is 188 g/mol. The molecule has 0 bridgehead atoms. The summed E-state index contributed by atoms with van der Waals surface area (Å²) in [6.45, 7) is 2.40. The van der Waals surface area contributed by atoms with Gasteiger partial charge in [-0.3, -0.25) is 19.7 Å². The summed E-state index contributed by atoms with van der Waals surface area (Å²) in [6, 6.07) is 0. The zero-order chi connectivity index (χ0) is 10.3. The molecule has 1 aliphatic heterocycles. The number of nitrogens with one attached hydrogen (secondary N) is 1. The number of ketones is 1. The number of rotatable bonds is 2. The van der Waals surface area contributed by atoms with Gasteiger partial charge in [-0.2, -0.15) is 0 Å². The smallest absolute Gasteiger partial charge is 0.287 e. The Balaban J connectivity index is 0.000000226. The van der Waals surface area contributed by atoms with Gasteiger partial charge in [-0.1, -0.05) is 6.92 Å². The molecular formula is C7H12N2O4. The van der Waals surface area contributed by atoms with Gasteiger partial charge in [0.2, 0.25) is 12.3 Å². The van der Waals surface area contributed by atoms with Crippen LogP contribution in [0.5, 0.6) is 0 Å². The lowest BCUT2D eigenvalue weighted by molar-refractivity contribution is -0.479. The first-order valence-corrected chi connectivity index (χ1v) is 4.00. The average Bonchev–Trinajstić information content (AvgIpc) is 2.37. The van der Waals surface area contributed by atoms with Crippen LogP contribution in [0.15, 0.2) is 0 Å². The topological polar surface area (TPSA) is 89.3 Å². The van der Waals surface area contributed by atoms with Crippen molar-refractivity contribution in [1.29, 1.82) is 0 Å². The van der Waals surface area contributed by atoms with Crippen molar-refractivity contribution in [1.82, 2.24) is 5.32 Å². The highest BCUT2D eigenvalue weighted by atomic mass is 16.6. The molecule has 0 unspecified atom stereocenters. The Morgan fingerprint density at radius 1 is 1.54 bits per heavy atom. The summed E-state index contributed by atoms with van der Waals surface area (Å²) in [4.78, 5) is 29.4. The van der Waals surface area contributed by atoms with E-state index in [2.05, 4.69) is 5.32 Å². The molecule has 1 amide bonds. The molecule has 1 aliphatic rings. The van der Waals surface area contributed by atoms with E-state index in [0.717, 1.165) is 0 Å². The summed E-state index contributed by atoms with van der Waals surface area (Å²) in [5.41, 5.74) is 0. The summed E-state index contributed by atoms with van der Waals surface area (Å²) in [6.07, 6.45) is 1.01. The number of hydrogen-bond acceptors (Lipinski definition) is 4. The maximum atomic E-state index is 10.2. The number of carbonyl (C=O) groups is 2. The number of nitrogens with zero attached hydrogens (tertiary/aromatic N) is 1. The quantitative estimate of drug-likeness (QED) is 0.367. The van der Waals surface area contributed by atoms with Crippen LogP contribution in [0, 0.1) is 10.1 Å². The Hall–Kier alpha value is -1.46. The molecule has 0 aromatic heterocycles. The average molecular weight is 188 g/mol. The van der Waals surface area contributed by atoms with Crippen LogP contribution < -0.4 is 5.32 Å². The molecular weight excluding hydrogens is 176 g/mol. The van der Waals surface area contributed by atoms with Crippen LogP contribution >= 0.6 is 0 Å². The molecule has 1 saturated heterocycles. The van der Waals surface area contributed by atoms with Crippen LogP contribution in [-0.2, 0) is 9.59 Å². The molecule has 0 aromatic carbocycles. The number of Topliss-reactive ketones (excluding diaryl/α,β-unsaturated/α-hetero) is 1. The van der Waals surface area contributed by atoms with Crippen LogP contribution in [0.2, 0.25) is 0 Å². The Morgan fingerprint density at radius 3 is 2.23 bits per heavy atom. The highest BCUT2D eigenvalue weighted by molar-refractivity contribution is 6.37. The first kappa shape index (κ1) is 11.5. The predicted octanol–water partition coefficient (Wildman–Crippen LogP) is -0.252. The lowest BCUT2D eigenvalue weighted by Crippen LogP contribution is -2.18. The van der Waals surface area contributed by atoms with Crippen LogP contribution in [0.4, 0.5) is 0 Å². The molecule has 0 aromatic rings. The Labute approximate surface area is 75.5 Å². The van der Waals surface area contributed by atoms with E-state index < -0.39 is 5.91 Å². The molecule has 74 valence electrons. The largest absolute Gasteiger partial charge is 0.349 e. The van der Waals surface area contributed by atoms with Gasteiger partial charge in [-0.25, -0.2) is 0 Å². The third kappa shape index (κ3) is 5.77. The first-order chi connectivity index (χ1) is 6.07. The summed E-state index contributed by atoms with van der Waals surface area (Å²) < 4.78 is 0. The van der Waals surface area contributed by atoms with Gasteiger partial charge in [0.1, 0.15) is 0 Å². The Kier molecular flexibility index (Phi) is 5.42. The standard InChI is InChI=1S/C4H5NO2.C3H7NO2/c6-3-1-2-5-4(3)7;1-2-3-4(5)6/h1-2H2,(H,5,7);2-3H2,1H3. The molecule has 1 heterocycles. The minimum atomic E-state index is -0.431. The molecule has 0 saturated carbocycles. The molecule has 1 fully saturated rings. The second-order valence-electron chi connectivity index (χ2n) is 2.49. The predicted molar refractivity (Wildman–Crippen MR) is 44.8 cm³/mol. The van der Waals surface area contributed by atoms with E-state index in [9.17, 15) is 19.7 Å². The fourth-order valence-electron chi connectivity index (χ4n) is 0.684. The molecule has 13 heavy (non-hydrogen) atoms. The van der Waals surface area contributed by atoms with Crippen LogP contribution in [0.1, 0.15) is 19.8 Å². The maximum Gasteiger partial charge on any atom is 0.287 e. The number of hydrogen-bond donors (Lipinski definition) is 1. The van der Waals surface area contributed by atoms with Crippen molar-refractivity contribution < 1.29 is 14.5 Å². The minimum absolute atomic E-state index is 0.0972. The molecule has 6 nitrogen and oxygen atoms in total. The van der Waals surface area contributed by atoms with E-state index in [1.54, 1.807) is 6.92 Å².